The van der Waals surface area contributed by atoms with Crippen molar-refractivity contribution < 1.29 is 14.3 Å². The summed E-state index contributed by atoms with van der Waals surface area (Å²) in [7, 11) is 1.57. The fourth-order valence-electron chi connectivity index (χ4n) is 2.65. The van der Waals surface area contributed by atoms with Gasteiger partial charge in [0.2, 0.25) is 0 Å². The molecule has 1 aliphatic rings. The lowest BCUT2D eigenvalue weighted by molar-refractivity contribution is -0.140. The molecule has 134 valence electrons. The van der Waals surface area contributed by atoms with Crippen LogP contribution in [0.25, 0.3) is 0 Å². The molecule has 2 amide bonds. The summed E-state index contributed by atoms with van der Waals surface area (Å²) in [5, 5.41) is 8.94. The molecule has 1 aromatic carbocycles. The molecule has 0 saturated carbocycles. The van der Waals surface area contributed by atoms with E-state index < -0.39 is 5.60 Å². The zero-order chi connectivity index (χ0) is 16.9. The number of hydrogen-bond acceptors (Lipinski definition) is 4. The number of nitrogens with one attached hydrogen (secondary N) is 3. The Morgan fingerprint density at radius 1 is 1.17 bits per heavy atom. The van der Waals surface area contributed by atoms with Crippen LogP contribution in [0, 0.1) is 0 Å². The highest BCUT2D eigenvalue weighted by Gasteiger charge is 2.39. The molecule has 0 radical (unpaired) electrons. The smallest absolute Gasteiger partial charge is 0.256 e. The predicted octanol–water partition coefficient (Wildman–Crippen LogP) is 1.95. The van der Waals surface area contributed by atoms with E-state index in [0.717, 1.165) is 13.1 Å². The number of halogens is 1. The van der Waals surface area contributed by atoms with Gasteiger partial charge in [0, 0.05) is 24.4 Å². The van der Waals surface area contributed by atoms with Gasteiger partial charge < -0.3 is 20.7 Å². The van der Waals surface area contributed by atoms with E-state index in [1.807, 2.05) is 13.8 Å². The first-order valence-corrected chi connectivity index (χ1v) is 7.95. The molecule has 2 rings (SSSR count). The molecule has 1 heterocycles. The molecule has 1 aliphatic heterocycles. The fraction of sp³-hybridized carbons (Fsp3) is 0.529. The summed E-state index contributed by atoms with van der Waals surface area (Å²) in [4.78, 5) is 24.4. The number of amides is 2. The summed E-state index contributed by atoms with van der Waals surface area (Å²) >= 11 is 0. The average Bonchev–Trinajstić information content (AvgIpc) is 2.55. The van der Waals surface area contributed by atoms with Crippen molar-refractivity contribution in [2.45, 2.75) is 38.3 Å². The van der Waals surface area contributed by atoms with Crippen LogP contribution in [0.5, 0.6) is 0 Å². The minimum atomic E-state index is -0.779. The number of rotatable bonds is 5. The summed E-state index contributed by atoms with van der Waals surface area (Å²) in [6.07, 6.45) is 1.29. The first-order chi connectivity index (χ1) is 11.0. The third kappa shape index (κ3) is 4.93. The van der Waals surface area contributed by atoms with Crippen LogP contribution < -0.4 is 16.0 Å². The zero-order valence-electron chi connectivity index (χ0n) is 14.3. The highest BCUT2D eigenvalue weighted by atomic mass is 35.5. The summed E-state index contributed by atoms with van der Waals surface area (Å²) in [6, 6.07) is 6.96. The molecule has 0 bridgehead atoms. The molecular formula is C17H26ClN3O3. The van der Waals surface area contributed by atoms with E-state index in [9.17, 15) is 9.59 Å². The molecule has 0 atom stereocenters. The van der Waals surface area contributed by atoms with Crippen molar-refractivity contribution in [2.24, 2.45) is 0 Å². The van der Waals surface area contributed by atoms with Crippen LogP contribution in [0.3, 0.4) is 0 Å². The van der Waals surface area contributed by atoms with Gasteiger partial charge in [0.15, 0.2) is 0 Å². The van der Waals surface area contributed by atoms with Gasteiger partial charge >= 0.3 is 0 Å². The number of methoxy groups -OCH3 is 1. The molecule has 7 heteroatoms. The normalized spacial score (nSPS) is 16.2. The lowest BCUT2D eigenvalue weighted by Gasteiger charge is -2.34. The van der Waals surface area contributed by atoms with E-state index in [0.29, 0.717) is 24.1 Å². The number of ether oxygens (including phenoxy) is 1. The second-order valence-electron chi connectivity index (χ2n) is 6.11. The van der Waals surface area contributed by atoms with Gasteiger partial charge in [-0.1, -0.05) is 0 Å². The van der Waals surface area contributed by atoms with Gasteiger partial charge in [-0.25, -0.2) is 0 Å². The summed E-state index contributed by atoms with van der Waals surface area (Å²) in [5.41, 5.74) is 0.449. The number of hydrogen-bond donors (Lipinski definition) is 3. The van der Waals surface area contributed by atoms with Gasteiger partial charge in [-0.15, -0.1) is 12.4 Å². The minimum absolute atomic E-state index is 0. The quantitative estimate of drug-likeness (QED) is 0.754. The standard InChI is InChI=1S/C17H25N3O3.ClH/c1-12(2)19-15(21)13-4-6-14(7-5-13)20-16(22)17(23-3)8-10-18-11-9-17;/h4-7,12,18H,8-11H2,1-3H3,(H,19,21)(H,20,22);1H. The highest BCUT2D eigenvalue weighted by molar-refractivity contribution is 5.98. The Morgan fingerprint density at radius 3 is 2.25 bits per heavy atom. The Kier molecular flexibility index (Phi) is 7.66. The fourth-order valence-corrected chi connectivity index (χ4v) is 2.65. The first-order valence-electron chi connectivity index (χ1n) is 7.95. The summed E-state index contributed by atoms with van der Waals surface area (Å²) < 4.78 is 5.50. The van der Waals surface area contributed by atoms with Crippen LogP contribution in [0.2, 0.25) is 0 Å². The number of carbonyl (C=O) groups is 2. The van der Waals surface area contributed by atoms with E-state index >= 15 is 0 Å². The van der Waals surface area contributed by atoms with Crippen molar-refractivity contribution in [1.82, 2.24) is 10.6 Å². The predicted molar refractivity (Wildman–Crippen MR) is 96.8 cm³/mol. The van der Waals surface area contributed by atoms with Crippen LogP contribution in [0.4, 0.5) is 5.69 Å². The molecule has 1 saturated heterocycles. The van der Waals surface area contributed by atoms with Crippen molar-refractivity contribution in [3.05, 3.63) is 29.8 Å². The Bertz CT molecular complexity index is 555. The lowest BCUT2D eigenvalue weighted by atomic mass is 9.91. The highest BCUT2D eigenvalue weighted by Crippen LogP contribution is 2.24. The number of carbonyl (C=O) groups excluding carboxylic acids is 2. The van der Waals surface area contributed by atoms with Gasteiger partial charge in [0.05, 0.1) is 0 Å². The summed E-state index contributed by atoms with van der Waals surface area (Å²) in [5.74, 6) is -0.259. The second-order valence-corrected chi connectivity index (χ2v) is 6.11. The van der Waals surface area contributed by atoms with Gasteiger partial charge in [0.1, 0.15) is 5.60 Å². The van der Waals surface area contributed by atoms with Crippen molar-refractivity contribution in [3.63, 3.8) is 0 Å². The maximum atomic E-state index is 12.5. The molecule has 1 aromatic rings. The zero-order valence-corrected chi connectivity index (χ0v) is 15.2. The maximum Gasteiger partial charge on any atom is 0.256 e. The topological polar surface area (TPSA) is 79.5 Å². The van der Waals surface area contributed by atoms with E-state index in [2.05, 4.69) is 16.0 Å². The van der Waals surface area contributed by atoms with E-state index in [1.54, 1.807) is 31.4 Å². The molecule has 1 fully saturated rings. The Labute approximate surface area is 149 Å². The second kappa shape index (κ2) is 9.01. The van der Waals surface area contributed by atoms with Gasteiger partial charge in [-0.05, 0) is 64.0 Å². The van der Waals surface area contributed by atoms with Crippen molar-refractivity contribution in [2.75, 3.05) is 25.5 Å². The maximum absolute atomic E-state index is 12.5. The van der Waals surface area contributed by atoms with Crippen LogP contribution in [-0.4, -0.2) is 43.7 Å². The Balaban J connectivity index is 0.00000288. The molecule has 3 N–H and O–H groups in total. The van der Waals surface area contributed by atoms with Crippen molar-refractivity contribution >= 4 is 29.9 Å². The van der Waals surface area contributed by atoms with Crippen LogP contribution >= 0.6 is 12.4 Å². The largest absolute Gasteiger partial charge is 0.368 e. The summed E-state index contributed by atoms with van der Waals surface area (Å²) in [6.45, 7) is 5.34. The molecule has 6 nitrogen and oxygen atoms in total. The minimum Gasteiger partial charge on any atom is -0.368 e. The number of benzene rings is 1. The van der Waals surface area contributed by atoms with Crippen molar-refractivity contribution in [1.29, 1.82) is 0 Å². The van der Waals surface area contributed by atoms with E-state index in [4.69, 9.17) is 4.74 Å². The molecule has 0 aromatic heterocycles. The Hall–Kier alpha value is -1.63. The average molecular weight is 356 g/mol. The lowest BCUT2D eigenvalue weighted by Crippen LogP contribution is -2.51. The van der Waals surface area contributed by atoms with E-state index in [1.165, 1.54) is 0 Å². The van der Waals surface area contributed by atoms with Crippen molar-refractivity contribution in [3.8, 4) is 0 Å². The Morgan fingerprint density at radius 2 is 1.75 bits per heavy atom. The van der Waals surface area contributed by atoms with Gasteiger partial charge in [-0.2, -0.15) is 0 Å². The number of anilines is 1. The molecule has 0 aliphatic carbocycles. The third-order valence-electron chi connectivity index (χ3n) is 4.04. The molecule has 24 heavy (non-hydrogen) atoms. The molecular weight excluding hydrogens is 330 g/mol. The SMILES string of the molecule is COC1(C(=O)Nc2ccc(C(=O)NC(C)C)cc2)CCNCC1.Cl. The monoisotopic (exact) mass is 355 g/mol. The third-order valence-corrected chi connectivity index (χ3v) is 4.04. The van der Waals surface area contributed by atoms with Gasteiger partial charge in [0.25, 0.3) is 11.8 Å². The molecule has 0 spiro atoms. The van der Waals surface area contributed by atoms with Crippen LogP contribution in [-0.2, 0) is 9.53 Å². The molecule has 0 unspecified atom stereocenters. The van der Waals surface area contributed by atoms with Gasteiger partial charge in [-0.3, -0.25) is 9.59 Å². The first kappa shape index (κ1) is 20.4. The van der Waals surface area contributed by atoms with Crippen LogP contribution in [0.1, 0.15) is 37.0 Å². The number of piperidine rings is 1. The van der Waals surface area contributed by atoms with E-state index in [-0.39, 0.29) is 30.3 Å². The van der Waals surface area contributed by atoms with Crippen LogP contribution in [0.15, 0.2) is 24.3 Å².